The maximum atomic E-state index is 12.5. The zero-order valence-electron chi connectivity index (χ0n) is 13.7. The number of carbonyl (C=O) groups excluding carboxylic acids is 1. The molecule has 0 heterocycles. The number of fused-ring (bicyclic) bond motifs is 1. The maximum Gasteiger partial charge on any atom is 0.164 e. The molecule has 0 unspecified atom stereocenters. The third kappa shape index (κ3) is 4.31. The average Bonchev–Trinajstić information content (AvgIpc) is 2.59. The van der Waals surface area contributed by atoms with Crippen molar-refractivity contribution < 1.29 is 4.79 Å². The molecular weight excluding hydrogens is 362 g/mol. The van der Waals surface area contributed by atoms with E-state index in [1.54, 1.807) is 0 Å². The summed E-state index contributed by atoms with van der Waals surface area (Å²) < 4.78 is 1.08. The Bertz CT molecular complexity index is 859. The van der Waals surface area contributed by atoms with E-state index >= 15 is 0 Å². The lowest BCUT2D eigenvalue weighted by molar-refractivity contribution is 0.0968. The highest BCUT2D eigenvalue weighted by Crippen LogP contribution is 2.17. The van der Waals surface area contributed by atoms with Gasteiger partial charge in [0, 0.05) is 29.5 Å². The van der Waals surface area contributed by atoms with Crippen molar-refractivity contribution in [2.24, 2.45) is 0 Å². The van der Waals surface area contributed by atoms with Gasteiger partial charge >= 0.3 is 0 Å². The molecule has 122 valence electrons. The van der Waals surface area contributed by atoms with Gasteiger partial charge in [-0.3, -0.25) is 4.79 Å². The second-order valence-corrected chi connectivity index (χ2v) is 7.02. The molecule has 0 N–H and O–H groups in total. The fourth-order valence-corrected chi connectivity index (χ4v) is 3.27. The van der Waals surface area contributed by atoms with Gasteiger partial charge in [-0.25, -0.2) is 0 Å². The summed E-state index contributed by atoms with van der Waals surface area (Å²) in [5, 5.41) is 2.28. The zero-order chi connectivity index (χ0) is 16.9. The van der Waals surface area contributed by atoms with E-state index in [9.17, 15) is 4.79 Å². The Balaban J connectivity index is 1.59. The number of Topliss-reactive ketones (excluding diaryl/α,β-unsaturated/α-hetero) is 1. The highest BCUT2D eigenvalue weighted by molar-refractivity contribution is 9.10. The first-order chi connectivity index (χ1) is 11.6. The van der Waals surface area contributed by atoms with Crippen molar-refractivity contribution in [3.63, 3.8) is 0 Å². The van der Waals surface area contributed by atoms with Crippen LogP contribution >= 0.6 is 15.9 Å². The van der Waals surface area contributed by atoms with Gasteiger partial charge in [-0.15, -0.1) is 0 Å². The van der Waals surface area contributed by atoms with Gasteiger partial charge in [-0.1, -0.05) is 64.5 Å². The normalized spacial score (nSPS) is 11.1. The van der Waals surface area contributed by atoms with Crippen LogP contribution in [0.1, 0.15) is 22.3 Å². The van der Waals surface area contributed by atoms with Crippen molar-refractivity contribution in [1.29, 1.82) is 0 Å². The summed E-state index contributed by atoms with van der Waals surface area (Å²) >= 11 is 3.49. The van der Waals surface area contributed by atoms with Crippen LogP contribution in [0.4, 0.5) is 0 Å². The molecule has 0 aliphatic rings. The largest absolute Gasteiger partial charge is 0.302 e. The summed E-state index contributed by atoms with van der Waals surface area (Å²) in [7, 11) is 2.05. The summed E-state index contributed by atoms with van der Waals surface area (Å²) in [6.07, 6.45) is 0.531. The van der Waals surface area contributed by atoms with Gasteiger partial charge in [0.25, 0.3) is 0 Å². The first kappa shape index (κ1) is 16.9. The standard InChI is InChI=1S/C21H20BrNO/c1-23(15-16-5-4-8-20(22)13-16)12-11-21(24)19-10-9-17-6-2-3-7-18(17)14-19/h2-10,13-14H,11-12,15H2,1H3. The molecule has 0 bridgehead atoms. The number of hydrogen-bond acceptors (Lipinski definition) is 2. The van der Waals surface area contributed by atoms with Gasteiger partial charge in [-0.05, 0) is 41.6 Å². The van der Waals surface area contributed by atoms with Crippen LogP contribution in [0, 0.1) is 0 Å². The molecule has 0 aliphatic carbocycles. The van der Waals surface area contributed by atoms with E-state index in [0.29, 0.717) is 6.42 Å². The smallest absolute Gasteiger partial charge is 0.164 e. The molecule has 0 saturated carbocycles. The minimum atomic E-state index is 0.196. The molecule has 0 atom stereocenters. The minimum Gasteiger partial charge on any atom is -0.302 e. The number of nitrogens with zero attached hydrogens (tertiary/aromatic N) is 1. The van der Waals surface area contributed by atoms with Crippen molar-refractivity contribution in [2.45, 2.75) is 13.0 Å². The van der Waals surface area contributed by atoms with E-state index < -0.39 is 0 Å². The number of halogens is 1. The molecule has 0 radical (unpaired) electrons. The Morgan fingerprint density at radius 3 is 2.54 bits per heavy atom. The molecule has 24 heavy (non-hydrogen) atoms. The van der Waals surface area contributed by atoms with Crippen LogP contribution in [0.5, 0.6) is 0 Å². The Morgan fingerprint density at radius 1 is 0.958 bits per heavy atom. The highest BCUT2D eigenvalue weighted by Gasteiger charge is 2.09. The van der Waals surface area contributed by atoms with Gasteiger partial charge in [-0.2, -0.15) is 0 Å². The predicted molar refractivity (Wildman–Crippen MR) is 103 cm³/mol. The van der Waals surface area contributed by atoms with Crippen molar-refractivity contribution in [2.75, 3.05) is 13.6 Å². The third-order valence-electron chi connectivity index (χ3n) is 4.13. The van der Waals surface area contributed by atoms with E-state index in [4.69, 9.17) is 0 Å². The fourth-order valence-electron chi connectivity index (χ4n) is 2.83. The van der Waals surface area contributed by atoms with Crippen molar-refractivity contribution >= 4 is 32.5 Å². The van der Waals surface area contributed by atoms with Gasteiger partial charge < -0.3 is 4.90 Å². The molecule has 0 aromatic heterocycles. The molecule has 0 amide bonds. The second-order valence-electron chi connectivity index (χ2n) is 6.10. The summed E-state index contributed by atoms with van der Waals surface area (Å²) in [4.78, 5) is 14.6. The zero-order valence-corrected chi connectivity index (χ0v) is 15.3. The van der Waals surface area contributed by atoms with Crippen molar-refractivity contribution in [3.05, 3.63) is 82.3 Å². The minimum absolute atomic E-state index is 0.196. The van der Waals surface area contributed by atoms with Crippen LogP contribution < -0.4 is 0 Å². The van der Waals surface area contributed by atoms with Crippen LogP contribution in [-0.4, -0.2) is 24.3 Å². The number of carbonyl (C=O) groups is 1. The monoisotopic (exact) mass is 381 g/mol. The molecule has 3 aromatic rings. The van der Waals surface area contributed by atoms with Crippen LogP contribution in [0.15, 0.2) is 71.2 Å². The Labute approximate surface area is 151 Å². The van der Waals surface area contributed by atoms with Gasteiger partial charge in [0.1, 0.15) is 0 Å². The van der Waals surface area contributed by atoms with Crippen LogP contribution in [0.25, 0.3) is 10.8 Å². The van der Waals surface area contributed by atoms with E-state index in [1.165, 1.54) is 10.9 Å². The van der Waals surface area contributed by atoms with Crippen molar-refractivity contribution in [3.8, 4) is 0 Å². The second kappa shape index (κ2) is 7.73. The molecule has 3 heteroatoms. The van der Waals surface area contributed by atoms with E-state index in [0.717, 1.165) is 28.5 Å². The number of hydrogen-bond donors (Lipinski definition) is 0. The number of benzene rings is 3. The summed E-state index contributed by atoms with van der Waals surface area (Å²) in [6.45, 7) is 1.59. The molecule has 3 rings (SSSR count). The lowest BCUT2D eigenvalue weighted by Crippen LogP contribution is -2.21. The lowest BCUT2D eigenvalue weighted by atomic mass is 10.0. The van der Waals surface area contributed by atoms with Gasteiger partial charge in [0.05, 0.1) is 0 Å². The van der Waals surface area contributed by atoms with Gasteiger partial charge in [0.15, 0.2) is 5.78 Å². The molecule has 0 fully saturated rings. The Morgan fingerprint density at radius 2 is 1.75 bits per heavy atom. The van der Waals surface area contributed by atoms with E-state index in [-0.39, 0.29) is 5.78 Å². The molecular formula is C21H20BrNO. The van der Waals surface area contributed by atoms with Crippen LogP contribution in [-0.2, 0) is 6.54 Å². The topological polar surface area (TPSA) is 20.3 Å². The quantitative estimate of drug-likeness (QED) is 0.539. The predicted octanol–water partition coefficient (Wildman–Crippen LogP) is 5.31. The molecule has 0 aliphatic heterocycles. The van der Waals surface area contributed by atoms with E-state index in [1.807, 2.05) is 48.5 Å². The first-order valence-electron chi connectivity index (χ1n) is 8.07. The number of rotatable bonds is 6. The summed E-state index contributed by atoms with van der Waals surface area (Å²) in [5.74, 6) is 0.196. The molecule has 3 aromatic carbocycles. The van der Waals surface area contributed by atoms with Crippen LogP contribution in [0.3, 0.4) is 0 Å². The summed E-state index contributed by atoms with van der Waals surface area (Å²) in [5.41, 5.74) is 2.04. The molecule has 2 nitrogen and oxygen atoms in total. The van der Waals surface area contributed by atoms with E-state index in [2.05, 4.69) is 46.1 Å². The Hall–Kier alpha value is -1.97. The maximum absolute atomic E-state index is 12.5. The summed E-state index contributed by atoms with van der Waals surface area (Å²) in [6, 6.07) is 22.3. The fraction of sp³-hybridized carbons (Fsp3) is 0.190. The molecule has 0 saturated heterocycles. The third-order valence-corrected chi connectivity index (χ3v) is 4.63. The average molecular weight is 382 g/mol. The highest BCUT2D eigenvalue weighted by atomic mass is 79.9. The first-order valence-corrected chi connectivity index (χ1v) is 8.86. The number of ketones is 1. The Kier molecular flexibility index (Phi) is 5.44. The van der Waals surface area contributed by atoms with Crippen LogP contribution in [0.2, 0.25) is 0 Å². The lowest BCUT2D eigenvalue weighted by Gasteiger charge is -2.16. The van der Waals surface area contributed by atoms with Crippen molar-refractivity contribution in [1.82, 2.24) is 4.90 Å². The SMILES string of the molecule is CN(CCC(=O)c1ccc2ccccc2c1)Cc1cccc(Br)c1. The molecule has 0 spiro atoms. The van der Waals surface area contributed by atoms with Gasteiger partial charge in [0.2, 0.25) is 0 Å².